The monoisotopic (exact) mass is 570 g/mol. The van der Waals surface area contributed by atoms with Gasteiger partial charge in [-0.1, -0.05) is 72.8 Å². The molecule has 1 unspecified atom stereocenters. The van der Waals surface area contributed by atoms with Crippen LogP contribution in [0.15, 0.2) is 30.3 Å². The summed E-state index contributed by atoms with van der Waals surface area (Å²) in [4.78, 5) is 0. The van der Waals surface area contributed by atoms with Gasteiger partial charge in [-0.2, -0.15) is 0 Å². The Morgan fingerprint density at radius 1 is 0.610 bits per heavy atom. The second-order valence-electron chi connectivity index (χ2n) is 10.9. The van der Waals surface area contributed by atoms with Crippen molar-refractivity contribution in [1.82, 2.24) is 0 Å². The molecule has 0 aliphatic carbocycles. The van der Waals surface area contributed by atoms with E-state index in [1.165, 1.54) is 0 Å². The highest BCUT2D eigenvalue weighted by Crippen LogP contribution is 2.45. The third-order valence-corrected chi connectivity index (χ3v) is 7.30. The van der Waals surface area contributed by atoms with Crippen LogP contribution in [0.3, 0.4) is 0 Å². The maximum atomic E-state index is 6.79. The van der Waals surface area contributed by atoms with Crippen molar-refractivity contribution in [3.05, 3.63) is 41.5 Å². The Kier molecular flexibility index (Phi) is 15.1. The Labute approximate surface area is 249 Å². The van der Waals surface area contributed by atoms with Crippen LogP contribution in [0.25, 0.3) is 0 Å². The lowest BCUT2D eigenvalue weighted by Crippen LogP contribution is -2.33. The highest BCUT2D eigenvalue weighted by Gasteiger charge is 2.35. The molecule has 6 heteroatoms. The number of fused-ring (bicyclic) bond motifs is 1. The van der Waals surface area contributed by atoms with Crippen LogP contribution in [0.4, 0.5) is 0 Å². The fourth-order valence-corrected chi connectivity index (χ4v) is 4.69. The van der Waals surface area contributed by atoms with Crippen LogP contribution in [-0.2, 0) is 11.2 Å². The summed E-state index contributed by atoms with van der Waals surface area (Å²) in [5.41, 5.74) is 2.08. The fraction of sp³-hybridized carbons (Fsp3) is 0.657. The summed E-state index contributed by atoms with van der Waals surface area (Å²) in [5, 5.41) is 0. The van der Waals surface area contributed by atoms with Gasteiger partial charge < -0.3 is 28.4 Å². The zero-order valence-corrected chi connectivity index (χ0v) is 26.3. The van der Waals surface area contributed by atoms with Crippen LogP contribution < -0.4 is 23.7 Å². The highest BCUT2D eigenvalue weighted by molar-refractivity contribution is 5.53. The van der Waals surface area contributed by atoms with Gasteiger partial charge in [-0.05, 0) is 49.8 Å². The van der Waals surface area contributed by atoms with Crippen LogP contribution in [0.1, 0.15) is 116 Å². The number of benzene rings is 2. The molecule has 0 saturated heterocycles. The van der Waals surface area contributed by atoms with Crippen molar-refractivity contribution in [2.45, 2.75) is 117 Å². The van der Waals surface area contributed by atoms with Crippen LogP contribution in [0.2, 0.25) is 0 Å². The van der Waals surface area contributed by atoms with Crippen molar-refractivity contribution >= 4 is 0 Å². The lowest BCUT2D eigenvalue weighted by atomic mass is 9.93. The van der Waals surface area contributed by atoms with Gasteiger partial charge in [0.2, 0.25) is 0 Å². The molecule has 2 aromatic carbocycles. The Balaban J connectivity index is 1.96. The van der Waals surface area contributed by atoms with E-state index in [-0.39, 0.29) is 12.2 Å². The zero-order valence-electron chi connectivity index (χ0n) is 26.3. The lowest BCUT2D eigenvalue weighted by molar-refractivity contribution is -0.0392. The number of rotatable bonds is 21. The molecule has 1 aliphatic rings. The molecule has 1 aliphatic heterocycles. The molecule has 0 bridgehead atoms. The summed E-state index contributed by atoms with van der Waals surface area (Å²) in [6.07, 6.45) is 10.7. The molecule has 0 aromatic heterocycles. The first kappa shape index (κ1) is 32.9. The van der Waals surface area contributed by atoms with E-state index in [9.17, 15) is 0 Å². The average Bonchev–Trinajstić information content (AvgIpc) is 2.98. The number of unbranched alkanes of at least 4 members (excludes halogenated alkanes) is 5. The third-order valence-electron chi connectivity index (χ3n) is 7.30. The second-order valence-corrected chi connectivity index (χ2v) is 10.9. The van der Waals surface area contributed by atoms with Gasteiger partial charge in [-0.3, -0.25) is 0 Å². The maximum absolute atomic E-state index is 6.79. The average molecular weight is 571 g/mol. The molecule has 1 heterocycles. The molecule has 0 saturated carbocycles. The molecule has 0 radical (unpaired) electrons. The molecule has 41 heavy (non-hydrogen) atoms. The summed E-state index contributed by atoms with van der Waals surface area (Å²) in [6, 6.07) is 10.3. The maximum Gasteiger partial charge on any atom is 0.161 e. The van der Waals surface area contributed by atoms with Crippen molar-refractivity contribution in [3.8, 4) is 28.7 Å². The first-order valence-electron chi connectivity index (χ1n) is 16.2. The summed E-state index contributed by atoms with van der Waals surface area (Å²) in [6.45, 7) is 14.2. The van der Waals surface area contributed by atoms with Crippen LogP contribution in [0.5, 0.6) is 28.7 Å². The van der Waals surface area contributed by atoms with E-state index in [1.807, 2.05) is 18.2 Å². The minimum atomic E-state index is -0.285. The van der Waals surface area contributed by atoms with Gasteiger partial charge in [0.25, 0.3) is 0 Å². The van der Waals surface area contributed by atoms with Gasteiger partial charge in [0.05, 0.1) is 26.4 Å². The fourth-order valence-electron chi connectivity index (χ4n) is 4.69. The SMILES string of the molecule is CCCCOc1cc(OCCCC)c2c(c1)O[C@H](c1ccc(OCCCC)c(OCCCC)c1)C(OCCCC)C2. The van der Waals surface area contributed by atoms with Gasteiger partial charge >= 0.3 is 0 Å². The molecular weight excluding hydrogens is 516 g/mol. The van der Waals surface area contributed by atoms with Gasteiger partial charge in [0.15, 0.2) is 17.6 Å². The Hall–Kier alpha value is -2.60. The minimum Gasteiger partial charge on any atom is -0.493 e. The number of ether oxygens (including phenoxy) is 6. The smallest absolute Gasteiger partial charge is 0.161 e. The third kappa shape index (κ3) is 10.3. The largest absolute Gasteiger partial charge is 0.493 e. The van der Waals surface area contributed by atoms with Crippen molar-refractivity contribution in [1.29, 1.82) is 0 Å². The van der Waals surface area contributed by atoms with Gasteiger partial charge in [0, 0.05) is 30.7 Å². The number of hydrogen-bond donors (Lipinski definition) is 0. The van der Waals surface area contributed by atoms with Crippen molar-refractivity contribution in [2.24, 2.45) is 0 Å². The van der Waals surface area contributed by atoms with E-state index in [0.29, 0.717) is 39.5 Å². The Morgan fingerprint density at radius 3 is 1.80 bits per heavy atom. The molecule has 6 nitrogen and oxygen atoms in total. The van der Waals surface area contributed by atoms with Crippen molar-refractivity contribution in [2.75, 3.05) is 33.0 Å². The molecule has 2 aromatic rings. The van der Waals surface area contributed by atoms with Gasteiger partial charge in [-0.15, -0.1) is 0 Å². The summed E-state index contributed by atoms with van der Waals surface area (Å²) < 4.78 is 38.0. The minimum absolute atomic E-state index is 0.148. The van der Waals surface area contributed by atoms with E-state index in [0.717, 1.165) is 104 Å². The topological polar surface area (TPSA) is 55.4 Å². The highest BCUT2D eigenvalue weighted by atomic mass is 16.5. The van der Waals surface area contributed by atoms with E-state index < -0.39 is 0 Å². The van der Waals surface area contributed by atoms with Gasteiger partial charge in [0.1, 0.15) is 23.4 Å². The van der Waals surface area contributed by atoms with Crippen LogP contribution in [0, 0.1) is 0 Å². The number of hydrogen-bond acceptors (Lipinski definition) is 6. The molecule has 0 amide bonds. The summed E-state index contributed by atoms with van der Waals surface area (Å²) in [5.74, 6) is 4.00. The molecular formula is C35H54O6. The quantitative estimate of drug-likeness (QED) is 0.139. The first-order valence-corrected chi connectivity index (χ1v) is 16.2. The molecule has 2 atom stereocenters. The molecule has 0 spiro atoms. The van der Waals surface area contributed by atoms with Crippen LogP contribution >= 0.6 is 0 Å². The normalized spacial score (nSPS) is 16.1. The molecule has 0 N–H and O–H groups in total. The summed E-state index contributed by atoms with van der Waals surface area (Å²) in [7, 11) is 0. The van der Waals surface area contributed by atoms with Gasteiger partial charge in [-0.25, -0.2) is 0 Å². The van der Waals surface area contributed by atoms with E-state index in [1.54, 1.807) is 0 Å². The predicted octanol–water partition coefficient (Wildman–Crippen LogP) is 9.26. The lowest BCUT2D eigenvalue weighted by Gasteiger charge is -2.35. The molecule has 0 fully saturated rings. The van der Waals surface area contributed by atoms with E-state index in [2.05, 4.69) is 46.8 Å². The first-order chi connectivity index (χ1) is 20.1. The molecule has 230 valence electrons. The zero-order chi connectivity index (χ0) is 29.3. The predicted molar refractivity (Wildman–Crippen MR) is 166 cm³/mol. The summed E-state index contributed by atoms with van der Waals surface area (Å²) >= 11 is 0. The molecule has 3 rings (SSSR count). The Bertz CT molecular complexity index is 1010. The van der Waals surface area contributed by atoms with E-state index in [4.69, 9.17) is 28.4 Å². The van der Waals surface area contributed by atoms with Crippen LogP contribution in [-0.4, -0.2) is 39.1 Å². The standard InChI is InChI=1S/C35H54O6/c1-6-11-18-36-28-24-31(38-20-13-8-3)29-26-34(40-22-15-10-5)35(41-32(29)25-28)27-16-17-30(37-19-12-7-2)33(23-27)39-21-14-9-4/h16-17,23-25,34-35H,6-15,18-22,26H2,1-5H3/t34?,35-/m1/s1. The van der Waals surface area contributed by atoms with Crippen molar-refractivity contribution < 1.29 is 28.4 Å². The Morgan fingerprint density at radius 2 is 1.17 bits per heavy atom. The van der Waals surface area contributed by atoms with Crippen molar-refractivity contribution in [3.63, 3.8) is 0 Å². The van der Waals surface area contributed by atoms with E-state index >= 15 is 0 Å². The second kappa shape index (κ2) is 18.8.